The van der Waals surface area contributed by atoms with Crippen molar-refractivity contribution in [3.63, 3.8) is 0 Å². The number of hydrogen-bond donors (Lipinski definition) is 1. The number of thiophene rings is 1. The summed E-state index contributed by atoms with van der Waals surface area (Å²) in [6.45, 7) is 4.27. The molecule has 2 heterocycles. The molecule has 3 aromatic rings. The van der Waals surface area contributed by atoms with Crippen LogP contribution in [0.3, 0.4) is 0 Å². The van der Waals surface area contributed by atoms with E-state index in [1.54, 1.807) is 11.3 Å². The van der Waals surface area contributed by atoms with Gasteiger partial charge in [0.25, 0.3) is 5.91 Å². The number of amides is 1. The summed E-state index contributed by atoms with van der Waals surface area (Å²) in [5.74, 6) is 0.340. The van der Waals surface area contributed by atoms with Crippen LogP contribution in [-0.4, -0.2) is 10.9 Å². The molecule has 3 nitrogen and oxygen atoms in total. The number of hydrogen-bond acceptors (Lipinski definition) is 4. The van der Waals surface area contributed by atoms with Gasteiger partial charge in [-0.1, -0.05) is 32.0 Å². The largest absolute Gasteiger partial charge is 0.298 e. The number of nitrogens with zero attached hydrogens (tertiary/aromatic N) is 1. The average Bonchev–Trinajstić information content (AvgIpc) is 3.18. The van der Waals surface area contributed by atoms with Crippen LogP contribution in [0.1, 0.15) is 35.7 Å². The van der Waals surface area contributed by atoms with Crippen LogP contribution in [0.5, 0.6) is 0 Å². The minimum Gasteiger partial charge on any atom is -0.298 e. The summed E-state index contributed by atoms with van der Waals surface area (Å²) in [6, 6.07) is 11.7. The molecule has 0 saturated heterocycles. The van der Waals surface area contributed by atoms with E-state index in [2.05, 4.69) is 24.1 Å². The molecular formula is C17H16N2OS2. The summed E-state index contributed by atoms with van der Waals surface area (Å²) in [5, 5.41) is 7.47. The SMILES string of the molecule is CC(C)c1ccc(C(=O)Nc2nc(-c3cccs3)cs2)cc1. The lowest BCUT2D eigenvalue weighted by Gasteiger charge is -2.06. The molecule has 1 aromatic carbocycles. The third kappa shape index (κ3) is 3.26. The molecule has 1 amide bonds. The zero-order valence-corrected chi connectivity index (χ0v) is 14.0. The molecule has 5 heteroatoms. The van der Waals surface area contributed by atoms with Crippen LogP contribution in [0, 0.1) is 0 Å². The van der Waals surface area contributed by atoms with Gasteiger partial charge >= 0.3 is 0 Å². The van der Waals surface area contributed by atoms with E-state index in [0.717, 1.165) is 10.6 Å². The van der Waals surface area contributed by atoms with Crippen molar-refractivity contribution in [1.29, 1.82) is 0 Å². The molecule has 0 aliphatic heterocycles. The Hall–Kier alpha value is -1.98. The lowest BCUT2D eigenvalue weighted by molar-refractivity contribution is 0.102. The lowest BCUT2D eigenvalue weighted by Crippen LogP contribution is -2.11. The normalized spacial score (nSPS) is 10.9. The number of rotatable bonds is 4. The van der Waals surface area contributed by atoms with Crippen molar-refractivity contribution in [2.45, 2.75) is 19.8 Å². The fourth-order valence-electron chi connectivity index (χ4n) is 2.06. The Morgan fingerprint density at radius 2 is 1.91 bits per heavy atom. The number of carbonyl (C=O) groups is 1. The fourth-order valence-corrected chi connectivity index (χ4v) is 3.52. The smallest absolute Gasteiger partial charge is 0.257 e. The maximum absolute atomic E-state index is 12.2. The van der Waals surface area contributed by atoms with Gasteiger partial charge < -0.3 is 0 Å². The Labute approximate surface area is 137 Å². The van der Waals surface area contributed by atoms with Gasteiger partial charge in [0.1, 0.15) is 0 Å². The zero-order valence-electron chi connectivity index (χ0n) is 12.4. The summed E-state index contributed by atoms with van der Waals surface area (Å²) >= 11 is 3.08. The van der Waals surface area contributed by atoms with Crippen LogP contribution in [0.4, 0.5) is 5.13 Å². The van der Waals surface area contributed by atoms with Crippen molar-refractivity contribution in [3.8, 4) is 10.6 Å². The quantitative estimate of drug-likeness (QED) is 0.711. The number of aromatic nitrogens is 1. The lowest BCUT2D eigenvalue weighted by atomic mass is 10.0. The van der Waals surface area contributed by atoms with Crippen molar-refractivity contribution < 1.29 is 4.79 Å². The van der Waals surface area contributed by atoms with E-state index >= 15 is 0 Å². The highest BCUT2D eigenvalue weighted by Gasteiger charge is 2.10. The van der Waals surface area contributed by atoms with Gasteiger partial charge in [-0.2, -0.15) is 0 Å². The first-order chi connectivity index (χ1) is 10.6. The van der Waals surface area contributed by atoms with E-state index in [0.29, 0.717) is 16.6 Å². The summed E-state index contributed by atoms with van der Waals surface area (Å²) in [6.07, 6.45) is 0. The van der Waals surface area contributed by atoms with Gasteiger partial charge in [-0.25, -0.2) is 4.98 Å². The summed E-state index contributed by atoms with van der Waals surface area (Å²) < 4.78 is 0. The minimum absolute atomic E-state index is 0.123. The van der Waals surface area contributed by atoms with Crippen molar-refractivity contribution in [3.05, 3.63) is 58.3 Å². The molecule has 3 rings (SSSR count). The topological polar surface area (TPSA) is 42.0 Å². The standard InChI is InChI=1S/C17H16N2OS2/c1-11(2)12-5-7-13(8-6-12)16(20)19-17-18-14(10-22-17)15-4-3-9-21-15/h3-11H,1-2H3,(H,18,19,20). The molecule has 0 saturated carbocycles. The number of benzene rings is 1. The van der Waals surface area contributed by atoms with E-state index in [1.165, 1.54) is 16.9 Å². The number of thiazole rings is 1. The number of carbonyl (C=O) groups excluding carboxylic acids is 1. The molecule has 0 fully saturated rings. The second-order valence-electron chi connectivity index (χ2n) is 5.25. The molecule has 0 radical (unpaired) electrons. The average molecular weight is 328 g/mol. The Balaban J connectivity index is 1.71. The molecule has 112 valence electrons. The monoisotopic (exact) mass is 328 g/mol. The van der Waals surface area contributed by atoms with Crippen molar-refractivity contribution in [1.82, 2.24) is 4.98 Å². The van der Waals surface area contributed by atoms with Crippen LogP contribution in [0.25, 0.3) is 10.6 Å². The third-order valence-corrected chi connectivity index (χ3v) is 4.99. The Kier molecular flexibility index (Phi) is 4.36. The Bertz CT molecular complexity index is 758. The van der Waals surface area contributed by atoms with Gasteiger partial charge in [0.05, 0.1) is 10.6 Å². The summed E-state index contributed by atoms with van der Waals surface area (Å²) in [4.78, 5) is 17.8. The molecule has 2 aromatic heterocycles. The first-order valence-electron chi connectivity index (χ1n) is 7.04. The van der Waals surface area contributed by atoms with Gasteiger partial charge in [-0.3, -0.25) is 10.1 Å². The van der Waals surface area contributed by atoms with E-state index in [4.69, 9.17) is 0 Å². The van der Waals surface area contributed by atoms with Gasteiger partial charge in [-0.15, -0.1) is 22.7 Å². The molecule has 1 N–H and O–H groups in total. The second kappa shape index (κ2) is 6.42. The van der Waals surface area contributed by atoms with Gasteiger partial charge in [-0.05, 0) is 35.1 Å². The van der Waals surface area contributed by atoms with E-state index in [1.807, 2.05) is 47.2 Å². The predicted octanol–water partition coefficient (Wildman–Crippen LogP) is 5.25. The van der Waals surface area contributed by atoms with Gasteiger partial charge in [0, 0.05) is 10.9 Å². The fraction of sp³-hybridized carbons (Fsp3) is 0.176. The van der Waals surface area contributed by atoms with Crippen molar-refractivity contribution >= 4 is 33.7 Å². The third-order valence-electron chi connectivity index (χ3n) is 3.34. The molecular weight excluding hydrogens is 312 g/mol. The Morgan fingerprint density at radius 3 is 2.55 bits per heavy atom. The number of nitrogens with one attached hydrogen (secondary N) is 1. The second-order valence-corrected chi connectivity index (χ2v) is 7.05. The molecule has 0 unspecified atom stereocenters. The molecule has 0 spiro atoms. The molecule has 0 atom stereocenters. The van der Waals surface area contributed by atoms with Gasteiger partial charge in [0.15, 0.2) is 5.13 Å². The van der Waals surface area contributed by atoms with Crippen LogP contribution >= 0.6 is 22.7 Å². The number of anilines is 1. The molecule has 22 heavy (non-hydrogen) atoms. The minimum atomic E-state index is -0.123. The highest BCUT2D eigenvalue weighted by atomic mass is 32.1. The van der Waals surface area contributed by atoms with Crippen molar-refractivity contribution in [2.75, 3.05) is 5.32 Å². The van der Waals surface area contributed by atoms with Crippen molar-refractivity contribution in [2.24, 2.45) is 0 Å². The maximum atomic E-state index is 12.2. The predicted molar refractivity (Wildman–Crippen MR) is 93.9 cm³/mol. The highest BCUT2D eigenvalue weighted by molar-refractivity contribution is 7.16. The first-order valence-corrected chi connectivity index (χ1v) is 8.80. The molecule has 0 aliphatic rings. The summed E-state index contributed by atoms with van der Waals surface area (Å²) in [5.41, 5.74) is 2.79. The van der Waals surface area contributed by atoms with Crippen LogP contribution < -0.4 is 5.32 Å². The molecule has 0 bridgehead atoms. The van der Waals surface area contributed by atoms with E-state index < -0.39 is 0 Å². The highest BCUT2D eigenvalue weighted by Crippen LogP contribution is 2.28. The van der Waals surface area contributed by atoms with Gasteiger partial charge in [0.2, 0.25) is 0 Å². The maximum Gasteiger partial charge on any atom is 0.257 e. The summed E-state index contributed by atoms with van der Waals surface area (Å²) in [7, 11) is 0. The first kappa shape index (κ1) is 14.9. The Morgan fingerprint density at radius 1 is 1.14 bits per heavy atom. The van der Waals surface area contributed by atoms with E-state index in [-0.39, 0.29) is 5.91 Å². The van der Waals surface area contributed by atoms with Crippen LogP contribution in [0.15, 0.2) is 47.2 Å². The zero-order chi connectivity index (χ0) is 15.5. The van der Waals surface area contributed by atoms with Crippen LogP contribution in [0.2, 0.25) is 0 Å². The molecule has 0 aliphatic carbocycles. The van der Waals surface area contributed by atoms with Crippen LogP contribution in [-0.2, 0) is 0 Å². The van der Waals surface area contributed by atoms with E-state index in [9.17, 15) is 4.79 Å².